The van der Waals surface area contributed by atoms with Crippen LogP contribution in [0.5, 0.6) is 0 Å². The van der Waals surface area contributed by atoms with Crippen LogP contribution in [-0.4, -0.2) is 54.4 Å². The van der Waals surface area contributed by atoms with Crippen molar-refractivity contribution in [1.82, 2.24) is 15.5 Å². The van der Waals surface area contributed by atoms with Gasteiger partial charge in [0.15, 0.2) is 0 Å². The molecule has 2 saturated heterocycles. The van der Waals surface area contributed by atoms with Crippen LogP contribution in [0.15, 0.2) is 0 Å². The highest BCUT2D eigenvalue weighted by Crippen LogP contribution is 2.32. The third kappa shape index (κ3) is 4.63. The summed E-state index contributed by atoms with van der Waals surface area (Å²) in [6.45, 7) is 8.57. The Morgan fingerprint density at radius 3 is 2.67 bits per heavy atom. The fourth-order valence-corrected chi connectivity index (χ4v) is 4.61. The zero-order valence-electron chi connectivity index (χ0n) is 15.6. The smallest absolute Gasteiger partial charge is 0.410 e. The molecule has 5 nitrogen and oxygen atoms in total. The van der Waals surface area contributed by atoms with Gasteiger partial charge >= 0.3 is 6.09 Å². The molecule has 1 saturated carbocycles. The van der Waals surface area contributed by atoms with E-state index in [4.69, 9.17) is 4.74 Å². The lowest BCUT2D eigenvalue weighted by atomic mass is 9.88. The number of hydrogen-bond acceptors (Lipinski definition) is 4. The number of hydrogen-bond donors (Lipinski definition) is 2. The summed E-state index contributed by atoms with van der Waals surface area (Å²) in [7, 11) is 0. The Labute approximate surface area is 146 Å². The van der Waals surface area contributed by atoms with Gasteiger partial charge in [0.25, 0.3) is 0 Å². The van der Waals surface area contributed by atoms with E-state index in [1.807, 2.05) is 25.7 Å². The minimum atomic E-state index is -0.411. The van der Waals surface area contributed by atoms with Crippen LogP contribution in [0.4, 0.5) is 4.79 Å². The second kappa shape index (κ2) is 7.61. The van der Waals surface area contributed by atoms with Crippen molar-refractivity contribution in [2.24, 2.45) is 5.92 Å². The van der Waals surface area contributed by atoms with Crippen LogP contribution in [0, 0.1) is 5.92 Å². The van der Waals surface area contributed by atoms with Crippen LogP contribution < -0.4 is 10.6 Å². The van der Waals surface area contributed by atoms with E-state index in [0.717, 1.165) is 25.4 Å². The lowest BCUT2D eigenvalue weighted by molar-refractivity contribution is 0.0290. The van der Waals surface area contributed by atoms with E-state index in [-0.39, 0.29) is 6.09 Å². The van der Waals surface area contributed by atoms with E-state index in [2.05, 4.69) is 10.6 Å². The monoisotopic (exact) mass is 337 g/mol. The van der Waals surface area contributed by atoms with Gasteiger partial charge in [-0.25, -0.2) is 4.79 Å². The first-order valence-corrected chi connectivity index (χ1v) is 9.90. The number of nitrogens with one attached hydrogen (secondary N) is 2. The highest BCUT2D eigenvalue weighted by atomic mass is 16.6. The first-order valence-electron chi connectivity index (χ1n) is 9.90. The topological polar surface area (TPSA) is 53.6 Å². The fourth-order valence-electron chi connectivity index (χ4n) is 4.61. The number of nitrogens with zero attached hydrogens (tertiary/aromatic N) is 1. The van der Waals surface area contributed by atoms with Crippen LogP contribution in [0.1, 0.15) is 65.7 Å². The van der Waals surface area contributed by atoms with Gasteiger partial charge in [-0.15, -0.1) is 0 Å². The molecule has 3 rings (SSSR count). The summed E-state index contributed by atoms with van der Waals surface area (Å²) < 4.78 is 5.51. The van der Waals surface area contributed by atoms with Crippen molar-refractivity contribution < 1.29 is 9.53 Å². The van der Waals surface area contributed by atoms with Gasteiger partial charge in [0.2, 0.25) is 0 Å². The molecule has 0 spiro atoms. The third-order valence-electron chi connectivity index (χ3n) is 5.72. The molecule has 0 aromatic carbocycles. The molecule has 0 aromatic rings. The normalized spacial score (nSPS) is 34.5. The van der Waals surface area contributed by atoms with Gasteiger partial charge in [0.1, 0.15) is 5.60 Å². The van der Waals surface area contributed by atoms with Gasteiger partial charge in [0.05, 0.1) is 0 Å². The number of carbonyl (C=O) groups excluding carboxylic acids is 1. The molecule has 0 radical (unpaired) electrons. The highest BCUT2D eigenvalue weighted by molar-refractivity contribution is 5.68. The van der Waals surface area contributed by atoms with Crippen molar-refractivity contribution in [3.05, 3.63) is 0 Å². The number of piperidine rings is 1. The predicted molar refractivity (Wildman–Crippen MR) is 96.1 cm³/mol. The maximum Gasteiger partial charge on any atom is 0.410 e. The van der Waals surface area contributed by atoms with E-state index in [1.54, 1.807) is 0 Å². The first-order chi connectivity index (χ1) is 11.4. The highest BCUT2D eigenvalue weighted by Gasteiger charge is 2.37. The summed E-state index contributed by atoms with van der Waals surface area (Å²) in [5, 5.41) is 7.63. The van der Waals surface area contributed by atoms with Crippen LogP contribution >= 0.6 is 0 Å². The molecular weight excluding hydrogens is 302 g/mol. The summed E-state index contributed by atoms with van der Waals surface area (Å²) in [5.74, 6) is 0.765. The van der Waals surface area contributed by atoms with Crippen molar-refractivity contribution in [1.29, 1.82) is 0 Å². The molecule has 138 valence electrons. The summed E-state index contributed by atoms with van der Waals surface area (Å²) in [4.78, 5) is 14.1. The molecule has 4 unspecified atom stereocenters. The van der Waals surface area contributed by atoms with Gasteiger partial charge in [-0.3, -0.25) is 0 Å². The third-order valence-corrected chi connectivity index (χ3v) is 5.72. The Morgan fingerprint density at radius 1 is 1.12 bits per heavy atom. The molecule has 1 aliphatic carbocycles. The molecule has 4 atom stereocenters. The van der Waals surface area contributed by atoms with E-state index in [1.165, 1.54) is 45.1 Å². The Balaban J connectivity index is 1.48. The molecule has 3 fully saturated rings. The Bertz CT molecular complexity index is 429. The number of ether oxygens (including phenoxy) is 1. The Hall–Kier alpha value is -0.810. The number of carbonyl (C=O) groups is 1. The van der Waals surface area contributed by atoms with Gasteiger partial charge in [-0.1, -0.05) is 12.8 Å². The maximum absolute atomic E-state index is 12.2. The maximum atomic E-state index is 12.2. The second-order valence-corrected chi connectivity index (χ2v) is 8.84. The molecule has 2 aliphatic heterocycles. The predicted octanol–water partition coefficient (Wildman–Crippen LogP) is 2.90. The van der Waals surface area contributed by atoms with E-state index >= 15 is 0 Å². The molecule has 0 bridgehead atoms. The van der Waals surface area contributed by atoms with Gasteiger partial charge in [-0.05, 0) is 65.3 Å². The number of likely N-dealkylation sites (tertiary alicyclic amines) is 1. The number of rotatable bonds is 3. The average Bonchev–Trinajstić information content (AvgIpc) is 3.16. The Kier molecular flexibility index (Phi) is 5.70. The lowest BCUT2D eigenvalue weighted by Gasteiger charge is -2.34. The summed E-state index contributed by atoms with van der Waals surface area (Å²) in [5.41, 5.74) is -0.411. The summed E-state index contributed by atoms with van der Waals surface area (Å²) in [6.07, 6.45) is 8.87. The molecule has 3 aliphatic rings. The van der Waals surface area contributed by atoms with E-state index < -0.39 is 5.60 Å². The molecule has 2 N–H and O–H groups in total. The zero-order chi connectivity index (χ0) is 17.2. The van der Waals surface area contributed by atoms with E-state index in [0.29, 0.717) is 18.1 Å². The van der Waals surface area contributed by atoms with Gasteiger partial charge in [0, 0.05) is 31.2 Å². The largest absolute Gasteiger partial charge is 0.444 e. The average molecular weight is 338 g/mol. The molecule has 2 heterocycles. The van der Waals surface area contributed by atoms with Crippen molar-refractivity contribution in [2.75, 3.05) is 19.6 Å². The Morgan fingerprint density at radius 2 is 1.96 bits per heavy atom. The van der Waals surface area contributed by atoms with Crippen molar-refractivity contribution in [2.45, 2.75) is 89.4 Å². The SMILES string of the molecule is CC(C)(C)OC(=O)N1CCC(NC2CCCC2C2CCCCN2)C1. The van der Waals surface area contributed by atoms with Crippen LogP contribution in [0.3, 0.4) is 0 Å². The van der Waals surface area contributed by atoms with Crippen LogP contribution in [0.2, 0.25) is 0 Å². The minimum absolute atomic E-state index is 0.163. The van der Waals surface area contributed by atoms with Gasteiger partial charge in [-0.2, -0.15) is 0 Å². The molecular formula is C19H35N3O2. The van der Waals surface area contributed by atoms with Crippen molar-refractivity contribution in [3.63, 3.8) is 0 Å². The second-order valence-electron chi connectivity index (χ2n) is 8.84. The molecule has 1 amide bonds. The quantitative estimate of drug-likeness (QED) is 0.831. The van der Waals surface area contributed by atoms with Crippen LogP contribution in [-0.2, 0) is 4.74 Å². The lowest BCUT2D eigenvalue weighted by Crippen LogP contribution is -2.50. The molecule has 0 aromatic heterocycles. The number of amides is 1. The first kappa shape index (κ1) is 18.0. The van der Waals surface area contributed by atoms with Crippen molar-refractivity contribution >= 4 is 6.09 Å². The van der Waals surface area contributed by atoms with Crippen molar-refractivity contribution in [3.8, 4) is 0 Å². The molecule has 5 heteroatoms. The zero-order valence-corrected chi connectivity index (χ0v) is 15.6. The molecule has 24 heavy (non-hydrogen) atoms. The summed E-state index contributed by atoms with van der Waals surface area (Å²) in [6, 6.07) is 1.73. The van der Waals surface area contributed by atoms with Crippen LogP contribution in [0.25, 0.3) is 0 Å². The standard InChI is InChI=1S/C19H35N3O2/c1-19(2,3)24-18(23)22-12-10-14(13-22)21-17-9-6-7-15(17)16-8-4-5-11-20-16/h14-17,20-21H,4-13H2,1-3H3. The van der Waals surface area contributed by atoms with E-state index in [9.17, 15) is 4.79 Å². The summed E-state index contributed by atoms with van der Waals surface area (Å²) >= 11 is 0. The van der Waals surface area contributed by atoms with Gasteiger partial charge < -0.3 is 20.3 Å². The fraction of sp³-hybridized carbons (Fsp3) is 0.947. The minimum Gasteiger partial charge on any atom is -0.444 e.